The summed E-state index contributed by atoms with van der Waals surface area (Å²) in [6.07, 6.45) is 0.624. The molecule has 0 aromatic heterocycles. The highest BCUT2D eigenvalue weighted by atomic mass is 35.5. The van der Waals surface area contributed by atoms with E-state index in [0.717, 1.165) is 5.56 Å². The molecule has 126 valence electrons. The zero-order valence-electron chi connectivity index (χ0n) is 13.3. The van der Waals surface area contributed by atoms with Gasteiger partial charge in [-0.25, -0.2) is 0 Å². The van der Waals surface area contributed by atoms with E-state index in [1.165, 1.54) is 0 Å². The molecule has 2 rings (SSSR count). The average Bonchev–Trinajstić information content (AvgIpc) is 2.58. The SMILES string of the molecule is CCOc1ccc(NC(=O)C(=O)NCCc2ccc(Cl)cc2)cc1. The Morgan fingerprint density at radius 2 is 1.67 bits per heavy atom. The quantitative estimate of drug-likeness (QED) is 0.790. The van der Waals surface area contributed by atoms with Gasteiger partial charge in [0.15, 0.2) is 0 Å². The van der Waals surface area contributed by atoms with Gasteiger partial charge in [-0.2, -0.15) is 0 Å². The number of hydrogen-bond donors (Lipinski definition) is 2. The van der Waals surface area contributed by atoms with Crippen molar-refractivity contribution in [3.8, 4) is 5.75 Å². The van der Waals surface area contributed by atoms with E-state index in [4.69, 9.17) is 16.3 Å². The molecule has 0 fully saturated rings. The van der Waals surface area contributed by atoms with Gasteiger partial charge in [0.1, 0.15) is 5.75 Å². The first-order valence-electron chi connectivity index (χ1n) is 7.65. The van der Waals surface area contributed by atoms with Gasteiger partial charge in [-0.15, -0.1) is 0 Å². The van der Waals surface area contributed by atoms with Gasteiger partial charge in [0, 0.05) is 17.3 Å². The molecule has 0 atom stereocenters. The first-order chi connectivity index (χ1) is 11.6. The Hall–Kier alpha value is -2.53. The van der Waals surface area contributed by atoms with Crippen LogP contribution in [0.5, 0.6) is 5.75 Å². The number of anilines is 1. The summed E-state index contributed by atoms with van der Waals surface area (Å²) in [6.45, 7) is 2.84. The van der Waals surface area contributed by atoms with Gasteiger partial charge in [-0.1, -0.05) is 23.7 Å². The van der Waals surface area contributed by atoms with Crippen molar-refractivity contribution < 1.29 is 14.3 Å². The van der Waals surface area contributed by atoms with Crippen LogP contribution in [0.25, 0.3) is 0 Å². The molecule has 6 heteroatoms. The normalized spacial score (nSPS) is 10.1. The minimum atomic E-state index is -0.699. The molecule has 0 saturated carbocycles. The number of carbonyl (C=O) groups is 2. The highest BCUT2D eigenvalue weighted by molar-refractivity contribution is 6.39. The van der Waals surface area contributed by atoms with Crippen LogP contribution in [0, 0.1) is 0 Å². The van der Waals surface area contributed by atoms with Gasteiger partial charge in [0.05, 0.1) is 6.61 Å². The fourth-order valence-electron chi connectivity index (χ4n) is 2.04. The number of halogens is 1. The molecule has 2 amide bonds. The van der Waals surface area contributed by atoms with Gasteiger partial charge in [0.2, 0.25) is 0 Å². The van der Waals surface area contributed by atoms with Gasteiger partial charge < -0.3 is 15.4 Å². The molecule has 2 aromatic rings. The Labute approximate surface area is 146 Å². The Balaban J connectivity index is 1.77. The first-order valence-corrected chi connectivity index (χ1v) is 8.02. The summed E-state index contributed by atoms with van der Waals surface area (Å²) < 4.78 is 5.32. The molecule has 2 N–H and O–H groups in total. The highest BCUT2D eigenvalue weighted by Gasteiger charge is 2.13. The summed E-state index contributed by atoms with van der Waals surface area (Å²) in [7, 11) is 0. The monoisotopic (exact) mass is 346 g/mol. The van der Waals surface area contributed by atoms with Crippen molar-refractivity contribution in [2.75, 3.05) is 18.5 Å². The molecular weight excluding hydrogens is 328 g/mol. The number of nitrogens with one attached hydrogen (secondary N) is 2. The van der Waals surface area contributed by atoms with Crippen molar-refractivity contribution >= 4 is 29.1 Å². The fourth-order valence-corrected chi connectivity index (χ4v) is 2.17. The fraction of sp³-hybridized carbons (Fsp3) is 0.222. The average molecular weight is 347 g/mol. The number of amides is 2. The van der Waals surface area contributed by atoms with Crippen LogP contribution in [-0.4, -0.2) is 25.0 Å². The van der Waals surface area contributed by atoms with Crippen LogP contribution in [0.4, 0.5) is 5.69 Å². The Morgan fingerprint density at radius 3 is 2.29 bits per heavy atom. The minimum Gasteiger partial charge on any atom is -0.494 e. The second kappa shape index (κ2) is 8.93. The van der Waals surface area contributed by atoms with E-state index in [1.807, 2.05) is 19.1 Å². The molecule has 5 nitrogen and oxygen atoms in total. The third-order valence-electron chi connectivity index (χ3n) is 3.24. The molecule has 0 unspecified atom stereocenters. The van der Waals surface area contributed by atoms with E-state index >= 15 is 0 Å². The Kier molecular flexibility index (Phi) is 6.63. The zero-order valence-corrected chi connectivity index (χ0v) is 14.1. The van der Waals surface area contributed by atoms with Crippen molar-refractivity contribution in [2.45, 2.75) is 13.3 Å². The third-order valence-corrected chi connectivity index (χ3v) is 3.49. The predicted octanol–water partition coefficient (Wildman–Crippen LogP) is 3.04. The molecule has 24 heavy (non-hydrogen) atoms. The summed E-state index contributed by atoms with van der Waals surface area (Å²) in [5.74, 6) is -0.656. The van der Waals surface area contributed by atoms with Crippen LogP contribution in [0.1, 0.15) is 12.5 Å². The van der Waals surface area contributed by atoms with Crippen LogP contribution in [0.2, 0.25) is 5.02 Å². The lowest BCUT2D eigenvalue weighted by Gasteiger charge is -2.08. The summed E-state index contributed by atoms with van der Waals surface area (Å²) in [5, 5.41) is 5.80. The molecule has 0 aliphatic heterocycles. The predicted molar refractivity (Wildman–Crippen MR) is 94.4 cm³/mol. The maximum atomic E-state index is 11.8. The molecule has 0 heterocycles. The second-order valence-corrected chi connectivity index (χ2v) is 5.48. The van der Waals surface area contributed by atoms with Crippen molar-refractivity contribution in [3.63, 3.8) is 0 Å². The summed E-state index contributed by atoms with van der Waals surface area (Å²) in [5.41, 5.74) is 1.57. The van der Waals surface area contributed by atoms with Gasteiger partial charge in [0.25, 0.3) is 0 Å². The van der Waals surface area contributed by atoms with E-state index in [2.05, 4.69) is 10.6 Å². The van der Waals surface area contributed by atoms with E-state index in [9.17, 15) is 9.59 Å². The van der Waals surface area contributed by atoms with Gasteiger partial charge >= 0.3 is 11.8 Å². The second-order valence-electron chi connectivity index (χ2n) is 5.04. The Morgan fingerprint density at radius 1 is 1.00 bits per heavy atom. The van der Waals surface area contributed by atoms with Crippen LogP contribution >= 0.6 is 11.6 Å². The molecule has 0 aliphatic rings. The molecular formula is C18H19ClN2O3. The number of rotatable bonds is 6. The summed E-state index contributed by atoms with van der Waals surface area (Å²) in [6, 6.07) is 14.2. The maximum Gasteiger partial charge on any atom is 0.313 e. The number of carbonyl (C=O) groups excluding carboxylic acids is 2. The molecule has 0 bridgehead atoms. The molecule has 0 saturated heterocycles. The zero-order chi connectivity index (χ0) is 17.4. The lowest BCUT2D eigenvalue weighted by atomic mass is 10.1. The summed E-state index contributed by atoms with van der Waals surface area (Å²) >= 11 is 5.81. The summed E-state index contributed by atoms with van der Waals surface area (Å²) in [4.78, 5) is 23.6. The van der Waals surface area contributed by atoms with E-state index < -0.39 is 11.8 Å². The van der Waals surface area contributed by atoms with Crippen LogP contribution in [0.15, 0.2) is 48.5 Å². The number of ether oxygens (including phenoxy) is 1. The molecule has 0 aliphatic carbocycles. The van der Waals surface area contributed by atoms with Crippen molar-refractivity contribution in [1.29, 1.82) is 0 Å². The van der Waals surface area contributed by atoms with Crippen molar-refractivity contribution in [1.82, 2.24) is 5.32 Å². The number of hydrogen-bond acceptors (Lipinski definition) is 3. The first kappa shape index (κ1) is 17.8. The van der Waals surface area contributed by atoms with Crippen LogP contribution in [0.3, 0.4) is 0 Å². The molecule has 0 radical (unpaired) electrons. The van der Waals surface area contributed by atoms with E-state index in [-0.39, 0.29) is 0 Å². The maximum absolute atomic E-state index is 11.8. The Bertz CT molecular complexity index is 684. The lowest BCUT2D eigenvalue weighted by Crippen LogP contribution is -2.36. The third kappa shape index (κ3) is 5.59. The van der Waals surface area contributed by atoms with Crippen LogP contribution < -0.4 is 15.4 Å². The highest BCUT2D eigenvalue weighted by Crippen LogP contribution is 2.15. The van der Waals surface area contributed by atoms with Crippen molar-refractivity contribution in [2.24, 2.45) is 0 Å². The van der Waals surface area contributed by atoms with Crippen LogP contribution in [-0.2, 0) is 16.0 Å². The van der Waals surface area contributed by atoms with Crippen molar-refractivity contribution in [3.05, 3.63) is 59.1 Å². The van der Waals surface area contributed by atoms with Gasteiger partial charge in [-0.3, -0.25) is 9.59 Å². The standard InChI is InChI=1S/C18H19ClN2O3/c1-2-24-16-9-7-15(8-10-16)21-18(23)17(22)20-12-11-13-3-5-14(19)6-4-13/h3-10H,2,11-12H2,1H3,(H,20,22)(H,21,23). The smallest absolute Gasteiger partial charge is 0.313 e. The lowest BCUT2D eigenvalue weighted by molar-refractivity contribution is -0.136. The topological polar surface area (TPSA) is 67.4 Å². The van der Waals surface area contributed by atoms with E-state index in [0.29, 0.717) is 36.0 Å². The minimum absolute atomic E-state index is 0.372. The van der Waals surface area contributed by atoms with E-state index in [1.54, 1.807) is 36.4 Å². The molecule has 0 spiro atoms. The molecule has 2 aromatic carbocycles. The number of benzene rings is 2. The van der Waals surface area contributed by atoms with Gasteiger partial charge in [-0.05, 0) is 55.3 Å². The largest absolute Gasteiger partial charge is 0.494 e.